The van der Waals surface area contributed by atoms with Gasteiger partial charge in [0.25, 0.3) is 0 Å². The van der Waals surface area contributed by atoms with Crippen LogP contribution in [0.4, 0.5) is 0 Å². The van der Waals surface area contributed by atoms with Gasteiger partial charge >= 0.3 is 0 Å². The predicted molar refractivity (Wildman–Crippen MR) is 58.8 cm³/mol. The quantitative estimate of drug-likeness (QED) is 0.808. The molecule has 0 radical (unpaired) electrons. The average Bonchev–Trinajstić information content (AvgIpc) is 2.93. The Kier molecular flexibility index (Phi) is 2.96. The van der Waals surface area contributed by atoms with E-state index in [2.05, 4.69) is 17.2 Å². The largest absolute Gasteiger partial charge is 0.307 e. The first-order valence-electron chi connectivity index (χ1n) is 4.74. The van der Waals surface area contributed by atoms with Gasteiger partial charge in [-0.2, -0.15) is 0 Å². The van der Waals surface area contributed by atoms with Crippen molar-refractivity contribution in [2.24, 2.45) is 0 Å². The van der Waals surface area contributed by atoms with Crippen LogP contribution in [0.3, 0.4) is 0 Å². The lowest BCUT2D eigenvalue weighted by molar-refractivity contribution is 0.569. The van der Waals surface area contributed by atoms with Crippen LogP contribution in [0, 0.1) is 0 Å². The molecular weight excluding hydrogens is 219 g/mol. The zero-order chi connectivity index (χ0) is 10.1. The van der Waals surface area contributed by atoms with Gasteiger partial charge < -0.3 is 5.32 Å². The summed E-state index contributed by atoms with van der Waals surface area (Å²) in [6, 6.07) is 2.85. The van der Waals surface area contributed by atoms with Crippen LogP contribution in [0.15, 0.2) is 12.3 Å². The summed E-state index contributed by atoms with van der Waals surface area (Å²) < 4.78 is 0. The highest BCUT2D eigenvalue weighted by atomic mass is 35.5. The van der Waals surface area contributed by atoms with E-state index in [9.17, 15) is 0 Å². The summed E-state index contributed by atoms with van der Waals surface area (Å²) in [5, 5.41) is 4.37. The molecule has 2 nitrogen and oxygen atoms in total. The van der Waals surface area contributed by atoms with Gasteiger partial charge in [0.1, 0.15) is 5.15 Å². The molecule has 0 aromatic carbocycles. The fraction of sp³-hybridized carbons (Fsp3) is 0.500. The van der Waals surface area contributed by atoms with E-state index in [-0.39, 0.29) is 0 Å². The van der Waals surface area contributed by atoms with Gasteiger partial charge in [0.15, 0.2) is 0 Å². The van der Waals surface area contributed by atoms with Crippen molar-refractivity contribution in [3.8, 4) is 0 Å². The van der Waals surface area contributed by atoms with Gasteiger partial charge in [-0.05, 0) is 31.4 Å². The lowest BCUT2D eigenvalue weighted by Gasteiger charge is -2.13. The number of aromatic nitrogens is 1. The molecule has 0 spiro atoms. The monoisotopic (exact) mass is 230 g/mol. The van der Waals surface area contributed by atoms with E-state index in [1.165, 1.54) is 12.8 Å². The molecule has 4 heteroatoms. The molecule has 1 aliphatic rings. The van der Waals surface area contributed by atoms with Gasteiger partial charge in [-0.15, -0.1) is 0 Å². The molecule has 14 heavy (non-hydrogen) atoms. The number of nitrogens with one attached hydrogen (secondary N) is 1. The number of halogens is 2. The second kappa shape index (κ2) is 4.05. The Morgan fingerprint density at radius 2 is 2.21 bits per heavy atom. The number of hydrogen-bond donors (Lipinski definition) is 1. The Morgan fingerprint density at radius 3 is 2.79 bits per heavy atom. The Morgan fingerprint density at radius 1 is 1.50 bits per heavy atom. The first-order valence-corrected chi connectivity index (χ1v) is 5.49. The van der Waals surface area contributed by atoms with Crippen LogP contribution >= 0.6 is 23.2 Å². The van der Waals surface area contributed by atoms with E-state index in [1.54, 1.807) is 6.20 Å². The summed E-state index contributed by atoms with van der Waals surface area (Å²) in [5.41, 5.74) is 1.09. The van der Waals surface area contributed by atoms with Crippen molar-refractivity contribution in [3.05, 3.63) is 28.0 Å². The lowest BCUT2D eigenvalue weighted by atomic mass is 10.1. The van der Waals surface area contributed by atoms with Gasteiger partial charge in [-0.1, -0.05) is 23.2 Å². The first-order chi connectivity index (χ1) is 6.66. The first kappa shape index (κ1) is 10.2. The van der Waals surface area contributed by atoms with Crippen LogP contribution in [-0.4, -0.2) is 11.0 Å². The van der Waals surface area contributed by atoms with Crippen molar-refractivity contribution in [2.45, 2.75) is 31.8 Å². The molecule has 2 rings (SSSR count). The third-order valence-electron chi connectivity index (χ3n) is 2.38. The summed E-state index contributed by atoms with van der Waals surface area (Å²) in [7, 11) is 0. The van der Waals surface area contributed by atoms with E-state index in [1.807, 2.05) is 6.07 Å². The number of pyridine rings is 1. The lowest BCUT2D eigenvalue weighted by Crippen LogP contribution is -2.20. The van der Waals surface area contributed by atoms with Gasteiger partial charge in [-0.25, -0.2) is 4.98 Å². The second-order valence-corrected chi connectivity index (χ2v) is 4.47. The molecule has 0 amide bonds. The minimum atomic E-state index is 0.296. The van der Waals surface area contributed by atoms with Crippen LogP contribution in [-0.2, 0) is 0 Å². The van der Waals surface area contributed by atoms with Gasteiger partial charge in [0.2, 0.25) is 0 Å². The Bertz CT molecular complexity index is 337. The predicted octanol–water partition coefficient (Wildman–Crippen LogP) is 3.20. The van der Waals surface area contributed by atoms with Crippen molar-refractivity contribution < 1.29 is 0 Å². The Labute approximate surface area is 93.6 Å². The van der Waals surface area contributed by atoms with Crippen molar-refractivity contribution >= 4 is 23.2 Å². The summed E-state index contributed by atoms with van der Waals surface area (Å²) in [6.45, 7) is 2.11. The van der Waals surface area contributed by atoms with Gasteiger partial charge in [-0.3, -0.25) is 0 Å². The second-order valence-electron chi connectivity index (χ2n) is 3.70. The van der Waals surface area contributed by atoms with Crippen LogP contribution in [0.2, 0.25) is 10.2 Å². The SMILES string of the molecule is CC(NC1CC1)c1cnc(Cl)c(Cl)c1. The molecule has 1 unspecified atom stereocenters. The minimum absolute atomic E-state index is 0.296. The number of hydrogen-bond acceptors (Lipinski definition) is 2. The maximum Gasteiger partial charge on any atom is 0.147 e. The van der Waals surface area contributed by atoms with Crippen LogP contribution < -0.4 is 5.32 Å². The zero-order valence-corrected chi connectivity index (χ0v) is 9.44. The van der Waals surface area contributed by atoms with Gasteiger partial charge in [0.05, 0.1) is 5.02 Å². The van der Waals surface area contributed by atoms with Crippen molar-refractivity contribution in [1.29, 1.82) is 0 Å². The van der Waals surface area contributed by atoms with Crippen LogP contribution in [0.25, 0.3) is 0 Å². The van der Waals surface area contributed by atoms with Crippen molar-refractivity contribution in [2.75, 3.05) is 0 Å². The maximum atomic E-state index is 5.89. The molecule has 1 atom stereocenters. The Hall–Kier alpha value is -0.310. The molecule has 0 bridgehead atoms. The van der Waals surface area contributed by atoms with E-state index < -0.39 is 0 Å². The van der Waals surface area contributed by atoms with E-state index in [0.29, 0.717) is 22.3 Å². The topological polar surface area (TPSA) is 24.9 Å². The molecule has 1 N–H and O–H groups in total. The third kappa shape index (κ3) is 2.38. The van der Waals surface area contributed by atoms with Crippen molar-refractivity contribution in [3.63, 3.8) is 0 Å². The molecule has 1 aliphatic carbocycles. The summed E-state index contributed by atoms with van der Waals surface area (Å²) in [5.74, 6) is 0. The molecule has 1 saturated carbocycles. The van der Waals surface area contributed by atoms with Crippen molar-refractivity contribution in [1.82, 2.24) is 10.3 Å². The fourth-order valence-corrected chi connectivity index (χ4v) is 1.65. The fourth-order valence-electron chi connectivity index (χ4n) is 1.37. The standard InChI is InChI=1S/C10H12Cl2N2/c1-6(14-8-2-3-8)7-4-9(11)10(12)13-5-7/h4-6,8,14H,2-3H2,1H3. The summed E-state index contributed by atoms with van der Waals surface area (Å²) in [6.07, 6.45) is 4.33. The highest BCUT2D eigenvalue weighted by molar-refractivity contribution is 6.41. The molecule has 1 fully saturated rings. The van der Waals surface area contributed by atoms with E-state index in [0.717, 1.165) is 5.56 Å². The Balaban J connectivity index is 2.10. The molecule has 1 heterocycles. The molecule has 0 aliphatic heterocycles. The minimum Gasteiger partial charge on any atom is -0.307 e. The maximum absolute atomic E-state index is 5.89. The molecule has 0 saturated heterocycles. The summed E-state index contributed by atoms with van der Waals surface area (Å²) >= 11 is 11.6. The smallest absolute Gasteiger partial charge is 0.147 e. The van der Waals surface area contributed by atoms with E-state index in [4.69, 9.17) is 23.2 Å². The number of rotatable bonds is 3. The molecule has 76 valence electrons. The molecule has 1 aromatic rings. The zero-order valence-electron chi connectivity index (χ0n) is 7.93. The van der Waals surface area contributed by atoms with Crippen LogP contribution in [0.5, 0.6) is 0 Å². The normalized spacial score (nSPS) is 18.2. The average molecular weight is 231 g/mol. The van der Waals surface area contributed by atoms with Crippen LogP contribution in [0.1, 0.15) is 31.4 Å². The highest BCUT2D eigenvalue weighted by Gasteiger charge is 2.23. The highest BCUT2D eigenvalue weighted by Crippen LogP contribution is 2.26. The molecule has 1 aromatic heterocycles. The van der Waals surface area contributed by atoms with Gasteiger partial charge in [0, 0.05) is 18.3 Å². The summed E-state index contributed by atoms with van der Waals surface area (Å²) in [4.78, 5) is 4.02. The number of nitrogens with zero attached hydrogens (tertiary/aromatic N) is 1. The van der Waals surface area contributed by atoms with E-state index >= 15 is 0 Å². The molecular formula is C10H12Cl2N2. The third-order valence-corrected chi connectivity index (χ3v) is 3.07.